The summed E-state index contributed by atoms with van der Waals surface area (Å²) >= 11 is 13.2. The maximum atomic E-state index is 14.8. The molecule has 3 N–H and O–H groups in total. The number of esters is 1. The highest BCUT2D eigenvalue weighted by Gasteiger charge is 2.43. The monoisotopic (exact) mass is 994 g/mol. The molecule has 5 aromatic carbocycles. The molecule has 2 unspecified atom stereocenters. The number of methoxy groups -OCH3 is 1. The number of fused-ring (bicyclic) bond motifs is 2. The Bertz CT molecular complexity index is 3020. The maximum absolute atomic E-state index is 14.8. The summed E-state index contributed by atoms with van der Waals surface area (Å²) in [6, 6.07) is 29.7. The van der Waals surface area contributed by atoms with Gasteiger partial charge >= 0.3 is 12.0 Å². The first kappa shape index (κ1) is 47.8. The Morgan fingerprint density at radius 1 is 0.926 bits per heavy atom. The minimum atomic E-state index is -4.55. The number of benzene rings is 5. The first-order valence-corrected chi connectivity index (χ1v) is 24.4. The van der Waals surface area contributed by atoms with E-state index in [1.165, 1.54) is 7.11 Å². The number of nitrogens with zero attached hydrogens (tertiary/aromatic N) is 3. The average Bonchev–Trinajstić information content (AvgIpc) is 3.72. The zero-order valence-electron chi connectivity index (χ0n) is 36.9. The third-order valence-electron chi connectivity index (χ3n) is 11.4. The summed E-state index contributed by atoms with van der Waals surface area (Å²) in [4.78, 5) is 44.8. The van der Waals surface area contributed by atoms with Crippen LogP contribution < -0.4 is 30.2 Å². The van der Waals surface area contributed by atoms with Crippen molar-refractivity contribution in [1.82, 2.24) is 19.9 Å². The molecule has 68 heavy (non-hydrogen) atoms. The summed E-state index contributed by atoms with van der Waals surface area (Å²) < 4.78 is 54.4. The van der Waals surface area contributed by atoms with E-state index in [0.717, 1.165) is 37.9 Å². The summed E-state index contributed by atoms with van der Waals surface area (Å²) in [5, 5.41) is 17.8. The highest BCUT2D eigenvalue weighted by Crippen LogP contribution is 2.42. The molecule has 0 saturated carbocycles. The fraction of sp³-hybridized carbons (Fsp3) is 0.245. The van der Waals surface area contributed by atoms with E-state index in [-0.39, 0.29) is 47.6 Å². The number of halogens is 2. The summed E-state index contributed by atoms with van der Waals surface area (Å²) in [7, 11) is -3.34. The van der Waals surface area contributed by atoms with Gasteiger partial charge in [0.15, 0.2) is 27.8 Å². The minimum Gasteiger partial charge on any atom is -0.489 e. The fourth-order valence-electron chi connectivity index (χ4n) is 7.84. The standard InChI is InChI=1S/C49H44Cl2N6O9S2/c1-4-53-48(60)56-49-55-46(28(2)67-49)68(61,62)57-25-36-23-43-42(65-27-44(66-43)34-14-16-37(17-15-34)64-26-31-9-18-38(50)39(51)19-31)22-35(36)21-41(57)45(58)54-40(47(59)63-3)20-29-5-10-32(11-6-29)33-12-7-30(24-52)8-13-33/h5-19,22-23,40-41,44H,4,20-21,25-27H2,1-3H3,(H,54,58)(H2,53,55,56,60)/t40?,41?,44-/m1/s1. The van der Waals surface area contributed by atoms with Crippen molar-refractivity contribution in [3.05, 3.63) is 151 Å². The van der Waals surface area contributed by atoms with Gasteiger partial charge in [0, 0.05) is 24.4 Å². The normalized spacial score (nSPS) is 15.8. The Balaban J connectivity index is 1.04. The molecule has 0 saturated heterocycles. The number of carbonyl (C=O) groups is 3. The molecule has 2 aliphatic rings. The van der Waals surface area contributed by atoms with E-state index < -0.39 is 46.1 Å². The van der Waals surface area contributed by atoms with Gasteiger partial charge in [0.25, 0.3) is 10.0 Å². The Kier molecular flexibility index (Phi) is 14.5. The number of anilines is 1. The van der Waals surface area contributed by atoms with Crippen molar-refractivity contribution in [2.45, 2.75) is 63.1 Å². The lowest BCUT2D eigenvalue weighted by Crippen LogP contribution is -2.56. The Hall–Kier alpha value is -6.68. The lowest BCUT2D eigenvalue weighted by atomic mass is 9.93. The SMILES string of the molecule is CCNC(=O)Nc1nc(S(=O)(=O)N2Cc3cc4c(cc3CC2C(=O)NC(Cc2ccc(-c3ccc(C#N)cc3)cc2)C(=O)OC)OC[C@H](c2ccc(OCc3ccc(Cl)c(Cl)c3)cc2)O4)c(C)s1. The lowest BCUT2D eigenvalue weighted by molar-refractivity contribution is -0.145. The Labute approximate surface area is 407 Å². The summed E-state index contributed by atoms with van der Waals surface area (Å²) in [5.74, 6) is -0.0336. The number of amides is 3. The van der Waals surface area contributed by atoms with Gasteiger partial charge in [-0.1, -0.05) is 77.8 Å². The summed E-state index contributed by atoms with van der Waals surface area (Å²) in [5.41, 5.74) is 5.88. The number of nitriles is 1. The van der Waals surface area contributed by atoms with Crippen molar-refractivity contribution < 1.29 is 41.7 Å². The number of aryl methyl sites for hydroxylation is 1. The number of rotatable bonds is 14. The second-order valence-electron chi connectivity index (χ2n) is 15.9. The zero-order valence-corrected chi connectivity index (χ0v) is 40.0. The number of thiazole rings is 1. The van der Waals surface area contributed by atoms with E-state index in [1.54, 1.807) is 50.2 Å². The van der Waals surface area contributed by atoms with E-state index in [0.29, 0.717) is 56.1 Å². The molecule has 2 aliphatic heterocycles. The molecule has 6 aromatic rings. The van der Waals surface area contributed by atoms with Gasteiger partial charge < -0.3 is 29.6 Å². The first-order valence-electron chi connectivity index (χ1n) is 21.4. The second kappa shape index (κ2) is 20.7. The first-order chi connectivity index (χ1) is 32.7. The van der Waals surface area contributed by atoms with Gasteiger partial charge in [0.2, 0.25) is 5.91 Å². The van der Waals surface area contributed by atoms with E-state index in [2.05, 4.69) is 27.0 Å². The molecule has 0 fully saturated rings. The van der Waals surface area contributed by atoms with Gasteiger partial charge in [-0.3, -0.25) is 10.1 Å². The molecule has 0 spiro atoms. The van der Waals surface area contributed by atoms with Crippen LogP contribution >= 0.6 is 34.5 Å². The van der Waals surface area contributed by atoms with Crippen LogP contribution in [-0.2, 0) is 50.3 Å². The van der Waals surface area contributed by atoms with E-state index >= 15 is 0 Å². The zero-order chi connectivity index (χ0) is 48.1. The van der Waals surface area contributed by atoms with Crippen LogP contribution in [0, 0.1) is 18.3 Å². The third kappa shape index (κ3) is 10.7. The van der Waals surface area contributed by atoms with Crippen LogP contribution in [0.3, 0.4) is 0 Å². The van der Waals surface area contributed by atoms with Crippen molar-refractivity contribution in [3.63, 3.8) is 0 Å². The quantitative estimate of drug-likeness (QED) is 0.0884. The number of hydrogen-bond acceptors (Lipinski definition) is 12. The Morgan fingerprint density at radius 3 is 2.29 bits per heavy atom. The molecule has 15 nitrogen and oxygen atoms in total. The van der Waals surface area contributed by atoms with E-state index in [9.17, 15) is 28.1 Å². The number of urea groups is 1. The molecule has 1 aromatic heterocycles. The summed E-state index contributed by atoms with van der Waals surface area (Å²) in [6.45, 7) is 3.83. The molecular formula is C49H44Cl2N6O9S2. The average molecular weight is 996 g/mol. The predicted molar refractivity (Wildman–Crippen MR) is 257 cm³/mol. The van der Waals surface area contributed by atoms with E-state index in [1.807, 2.05) is 66.7 Å². The number of aromatic nitrogens is 1. The van der Waals surface area contributed by atoms with Gasteiger partial charge in [-0.15, -0.1) is 11.3 Å². The van der Waals surface area contributed by atoms with Crippen LogP contribution in [0.1, 0.15) is 51.3 Å². The van der Waals surface area contributed by atoms with Crippen molar-refractivity contribution in [1.29, 1.82) is 5.26 Å². The molecule has 3 heterocycles. The van der Waals surface area contributed by atoms with Crippen LogP contribution in [0.25, 0.3) is 11.1 Å². The smallest absolute Gasteiger partial charge is 0.328 e. The number of nitrogens with one attached hydrogen (secondary N) is 3. The highest BCUT2D eigenvalue weighted by atomic mass is 35.5. The van der Waals surface area contributed by atoms with Gasteiger partial charge in [-0.05, 0) is 108 Å². The van der Waals surface area contributed by atoms with Crippen molar-refractivity contribution in [2.24, 2.45) is 0 Å². The predicted octanol–water partition coefficient (Wildman–Crippen LogP) is 8.55. The molecule has 3 atom stereocenters. The molecule has 3 amide bonds. The van der Waals surface area contributed by atoms with Crippen molar-refractivity contribution in [2.75, 3.05) is 25.6 Å². The molecule has 0 aliphatic carbocycles. The molecule has 0 bridgehead atoms. The number of sulfonamides is 1. The summed E-state index contributed by atoms with van der Waals surface area (Å²) in [6.07, 6.45) is -0.566. The molecule has 0 radical (unpaired) electrons. The van der Waals surface area contributed by atoms with Gasteiger partial charge in [-0.2, -0.15) is 9.57 Å². The molecule has 8 rings (SSSR count). The highest BCUT2D eigenvalue weighted by molar-refractivity contribution is 7.89. The lowest BCUT2D eigenvalue weighted by Gasteiger charge is -2.36. The fourth-order valence-corrected chi connectivity index (χ4v) is 11.0. The minimum absolute atomic E-state index is 0.0382. The van der Waals surface area contributed by atoms with Crippen LogP contribution in [0.2, 0.25) is 10.0 Å². The van der Waals surface area contributed by atoms with Crippen LogP contribution in [0.15, 0.2) is 108 Å². The number of ether oxygens (including phenoxy) is 4. The van der Waals surface area contributed by atoms with Crippen LogP contribution in [-0.4, -0.2) is 68.0 Å². The van der Waals surface area contributed by atoms with E-state index in [4.69, 9.17) is 42.1 Å². The molecule has 19 heteroatoms. The number of hydrogen-bond donors (Lipinski definition) is 3. The maximum Gasteiger partial charge on any atom is 0.328 e. The largest absolute Gasteiger partial charge is 0.489 e. The topological polar surface area (TPSA) is 198 Å². The van der Waals surface area contributed by atoms with Gasteiger partial charge in [0.05, 0.1) is 28.8 Å². The van der Waals surface area contributed by atoms with Crippen molar-refractivity contribution in [3.8, 4) is 34.4 Å². The van der Waals surface area contributed by atoms with Crippen molar-refractivity contribution >= 4 is 67.6 Å². The van der Waals surface area contributed by atoms with Gasteiger partial charge in [-0.25, -0.2) is 23.0 Å². The van der Waals surface area contributed by atoms with Crippen LogP contribution in [0.5, 0.6) is 17.2 Å². The molecule has 350 valence electrons. The molecular weight excluding hydrogens is 952 g/mol. The van der Waals surface area contributed by atoms with Crippen LogP contribution in [0.4, 0.5) is 9.93 Å². The third-order valence-corrected chi connectivity index (χ3v) is 15.0. The van der Waals surface area contributed by atoms with Gasteiger partial charge in [0.1, 0.15) is 31.0 Å². The second-order valence-corrected chi connectivity index (χ2v) is 19.7. The number of carbonyl (C=O) groups excluding carboxylic acids is 3. The Morgan fingerprint density at radius 2 is 1.62 bits per heavy atom.